The molecule has 1 atom stereocenters. The van der Waals surface area contributed by atoms with Crippen molar-refractivity contribution in [3.63, 3.8) is 0 Å². The zero-order valence-electron chi connectivity index (χ0n) is 15.1. The third kappa shape index (κ3) is 6.08. The Hall–Kier alpha value is -1.52. The van der Waals surface area contributed by atoms with Crippen molar-refractivity contribution in [2.75, 3.05) is 6.54 Å². The Kier molecular flexibility index (Phi) is 7.42. The Morgan fingerprint density at radius 3 is 2.50 bits per heavy atom. The summed E-state index contributed by atoms with van der Waals surface area (Å²) >= 11 is 0. The minimum absolute atomic E-state index is 0.379. The van der Waals surface area contributed by atoms with E-state index in [1.807, 2.05) is 18.7 Å². The van der Waals surface area contributed by atoms with E-state index < -0.39 is 0 Å². The predicted octanol–water partition coefficient (Wildman–Crippen LogP) is 2.70. The molecule has 0 fully saturated rings. The molecule has 0 aromatic carbocycles. The van der Waals surface area contributed by atoms with Gasteiger partial charge in [-0.2, -0.15) is 5.10 Å². The SMILES string of the molecule is Cc1nn(C)c(C)c1CCN=C(N)NC(C)CCCC(C)C. The van der Waals surface area contributed by atoms with Crippen LogP contribution in [0.3, 0.4) is 0 Å². The first kappa shape index (κ1) is 18.5. The van der Waals surface area contributed by atoms with Crippen LogP contribution in [-0.2, 0) is 13.5 Å². The Balaban J connectivity index is 2.36. The lowest BCUT2D eigenvalue weighted by Crippen LogP contribution is -2.38. The standard InChI is InChI=1S/C17H33N5/c1-12(2)8-7-9-13(3)20-17(18)19-11-10-16-14(4)21-22(6)15(16)5/h12-13H,7-11H2,1-6H3,(H3,18,19,20). The van der Waals surface area contributed by atoms with Crippen molar-refractivity contribution in [1.29, 1.82) is 0 Å². The molecule has 22 heavy (non-hydrogen) atoms. The number of aromatic nitrogens is 2. The molecule has 0 saturated carbocycles. The Morgan fingerprint density at radius 2 is 1.95 bits per heavy atom. The number of nitrogens with two attached hydrogens (primary N) is 1. The van der Waals surface area contributed by atoms with Gasteiger partial charge >= 0.3 is 0 Å². The lowest BCUT2D eigenvalue weighted by Gasteiger charge is -2.15. The molecule has 1 rings (SSSR count). The maximum Gasteiger partial charge on any atom is 0.188 e. The van der Waals surface area contributed by atoms with Crippen molar-refractivity contribution in [3.8, 4) is 0 Å². The number of rotatable bonds is 8. The van der Waals surface area contributed by atoms with E-state index in [4.69, 9.17) is 5.73 Å². The largest absolute Gasteiger partial charge is 0.370 e. The van der Waals surface area contributed by atoms with E-state index in [0.29, 0.717) is 18.5 Å². The minimum atomic E-state index is 0.379. The van der Waals surface area contributed by atoms with Gasteiger partial charge < -0.3 is 11.1 Å². The molecule has 0 bridgehead atoms. The Bertz CT molecular complexity index is 487. The highest BCUT2D eigenvalue weighted by Gasteiger charge is 2.08. The van der Waals surface area contributed by atoms with Gasteiger partial charge in [0.25, 0.3) is 0 Å². The van der Waals surface area contributed by atoms with Crippen LogP contribution in [0, 0.1) is 19.8 Å². The molecule has 0 aliphatic carbocycles. The van der Waals surface area contributed by atoms with Crippen LogP contribution < -0.4 is 11.1 Å². The van der Waals surface area contributed by atoms with Crippen LogP contribution in [0.5, 0.6) is 0 Å². The molecule has 0 amide bonds. The molecule has 1 aromatic heterocycles. The molecular weight excluding hydrogens is 274 g/mol. The highest BCUT2D eigenvalue weighted by Crippen LogP contribution is 2.12. The van der Waals surface area contributed by atoms with E-state index in [2.05, 4.69) is 43.1 Å². The van der Waals surface area contributed by atoms with E-state index in [1.54, 1.807) is 0 Å². The van der Waals surface area contributed by atoms with E-state index in [-0.39, 0.29) is 0 Å². The number of nitrogens with one attached hydrogen (secondary N) is 1. The fourth-order valence-electron chi connectivity index (χ4n) is 2.67. The molecule has 5 nitrogen and oxygen atoms in total. The van der Waals surface area contributed by atoms with Crippen LogP contribution in [0.1, 0.15) is 57.0 Å². The van der Waals surface area contributed by atoms with Crippen molar-refractivity contribution in [1.82, 2.24) is 15.1 Å². The van der Waals surface area contributed by atoms with E-state index in [0.717, 1.165) is 24.5 Å². The van der Waals surface area contributed by atoms with Crippen molar-refractivity contribution in [3.05, 3.63) is 17.0 Å². The van der Waals surface area contributed by atoms with Gasteiger partial charge in [-0.05, 0) is 45.1 Å². The van der Waals surface area contributed by atoms with Gasteiger partial charge in [-0.15, -0.1) is 0 Å². The van der Waals surface area contributed by atoms with Gasteiger partial charge in [-0.3, -0.25) is 9.67 Å². The monoisotopic (exact) mass is 307 g/mol. The number of nitrogens with zero attached hydrogens (tertiary/aromatic N) is 3. The van der Waals surface area contributed by atoms with Gasteiger partial charge in [0.15, 0.2) is 5.96 Å². The molecule has 1 aromatic rings. The van der Waals surface area contributed by atoms with Crippen LogP contribution in [0.25, 0.3) is 0 Å². The highest BCUT2D eigenvalue weighted by molar-refractivity contribution is 5.78. The summed E-state index contributed by atoms with van der Waals surface area (Å²) in [6.45, 7) is 11.5. The Labute approximate surface area is 135 Å². The first-order valence-corrected chi connectivity index (χ1v) is 8.36. The molecule has 0 radical (unpaired) electrons. The smallest absolute Gasteiger partial charge is 0.188 e. The molecule has 1 unspecified atom stereocenters. The average Bonchev–Trinajstić information content (AvgIpc) is 2.64. The first-order chi connectivity index (χ1) is 10.3. The summed E-state index contributed by atoms with van der Waals surface area (Å²) in [6.07, 6.45) is 4.51. The van der Waals surface area contributed by atoms with Crippen LogP contribution in [-0.4, -0.2) is 28.3 Å². The van der Waals surface area contributed by atoms with Crippen LogP contribution in [0.15, 0.2) is 4.99 Å². The first-order valence-electron chi connectivity index (χ1n) is 8.36. The number of aliphatic imine (C=N–C) groups is 1. The summed E-state index contributed by atoms with van der Waals surface area (Å²) in [5.41, 5.74) is 9.55. The zero-order chi connectivity index (χ0) is 16.7. The summed E-state index contributed by atoms with van der Waals surface area (Å²) in [4.78, 5) is 4.44. The molecular formula is C17H33N5. The summed E-state index contributed by atoms with van der Waals surface area (Å²) in [7, 11) is 1.98. The van der Waals surface area contributed by atoms with Gasteiger partial charge in [0.2, 0.25) is 0 Å². The minimum Gasteiger partial charge on any atom is -0.370 e. The van der Waals surface area contributed by atoms with Crippen molar-refractivity contribution < 1.29 is 0 Å². The molecule has 0 aliphatic heterocycles. The van der Waals surface area contributed by atoms with E-state index in [9.17, 15) is 0 Å². The van der Waals surface area contributed by atoms with Gasteiger partial charge in [0.1, 0.15) is 0 Å². The molecule has 0 saturated heterocycles. The van der Waals surface area contributed by atoms with Crippen molar-refractivity contribution in [2.45, 2.75) is 66.3 Å². The average molecular weight is 307 g/mol. The zero-order valence-corrected chi connectivity index (χ0v) is 15.1. The number of hydrogen-bond acceptors (Lipinski definition) is 2. The van der Waals surface area contributed by atoms with Crippen molar-refractivity contribution >= 4 is 5.96 Å². The summed E-state index contributed by atoms with van der Waals surface area (Å²) in [5, 5.41) is 7.71. The normalized spacial score (nSPS) is 13.7. The molecule has 3 N–H and O–H groups in total. The van der Waals surface area contributed by atoms with E-state index >= 15 is 0 Å². The number of hydrogen-bond donors (Lipinski definition) is 2. The fourth-order valence-corrected chi connectivity index (χ4v) is 2.67. The predicted molar refractivity (Wildman–Crippen MR) is 94.2 cm³/mol. The molecule has 5 heteroatoms. The maximum atomic E-state index is 5.97. The number of aryl methyl sites for hydroxylation is 2. The lowest BCUT2D eigenvalue weighted by atomic mass is 10.0. The summed E-state index contributed by atoms with van der Waals surface area (Å²) < 4.78 is 1.92. The maximum absolute atomic E-state index is 5.97. The second-order valence-corrected chi connectivity index (χ2v) is 6.66. The Morgan fingerprint density at radius 1 is 1.27 bits per heavy atom. The topological polar surface area (TPSA) is 68.2 Å². The second-order valence-electron chi connectivity index (χ2n) is 6.66. The summed E-state index contributed by atoms with van der Waals surface area (Å²) in [5.74, 6) is 1.32. The highest BCUT2D eigenvalue weighted by atomic mass is 15.3. The molecule has 0 spiro atoms. The van der Waals surface area contributed by atoms with Gasteiger partial charge in [0, 0.05) is 25.3 Å². The third-order valence-electron chi connectivity index (χ3n) is 4.12. The molecule has 126 valence electrons. The lowest BCUT2D eigenvalue weighted by molar-refractivity contribution is 0.493. The van der Waals surface area contributed by atoms with Gasteiger partial charge in [-0.1, -0.05) is 26.7 Å². The molecule has 1 heterocycles. The summed E-state index contributed by atoms with van der Waals surface area (Å²) in [6, 6.07) is 0.379. The van der Waals surface area contributed by atoms with Crippen LogP contribution >= 0.6 is 0 Å². The third-order valence-corrected chi connectivity index (χ3v) is 4.12. The molecule has 0 aliphatic rings. The van der Waals surface area contributed by atoms with Gasteiger partial charge in [0.05, 0.1) is 5.69 Å². The van der Waals surface area contributed by atoms with Crippen LogP contribution in [0.4, 0.5) is 0 Å². The van der Waals surface area contributed by atoms with E-state index in [1.165, 1.54) is 24.1 Å². The number of guanidine groups is 1. The fraction of sp³-hybridized carbons (Fsp3) is 0.765. The van der Waals surface area contributed by atoms with Crippen LogP contribution in [0.2, 0.25) is 0 Å². The quantitative estimate of drug-likeness (QED) is 0.573. The van der Waals surface area contributed by atoms with Gasteiger partial charge in [-0.25, -0.2) is 0 Å². The van der Waals surface area contributed by atoms with Crippen molar-refractivity contribution in [2.24, 2.45) is 23.7 Å². The second kappa shape index (κ2) is 8.81.